The Morgan fingerprint density at radius 1 is 1.07 bits per heavy atom. The number of nitrogens with zero attached hydrogens (tertiary/aromatic N) is 2. The summed E-state index contributed by atoms with van der Waals surface area (Å²) in [4.78, 5) is 16.5. The van der Waals surface area contributed by atoms with E-state index in [4.69, 9.17) is 20.9 Å². The molecule has 0 aliphatic rings. The number of hydrogen-bond acceptors (Lipinski definition) is 5. The van der Waals surface area contributed by atoms with Crippen molar-refractivity contribution in [2.24, 2.45) is 0 Å². The first kappa shape index (κ1) is 19.6. The fourth-order valence-corrected chi connectivity index (χ4v) is 2.85. The SMILES string of the molecule is O=C(COc1ccccc1-c1noc(-c2cccc(F)c2)n1)Nc1ccc(Cl)cc1. The highest BCUT2D eigenvalue weighted by molar-refractivity contribution is 6.30. The molecule has 4 aromatic rings. The van der Waals surface area contributed by atoms with Crippen molar-refractivity contribution in [2.75, 3.05) is 11.9 Å². The summed E-state index contributed by atoms with van der Waals surface area (Å²) in [5.74, 6) is 0.126. The van der Waals surface area contributed by atoms with Gasteiger partial charge in [0, 0.05) is 16.3 Å². The first-order chi connectivity index (χ1) is 14.6. The number of benzene rings is 3. The van der Waals surface area contributed by atoms with Gasteiger partial charge in [-0.3, -0.25) is 4.79 Å². The number of anilines is 1. The lowest BCUT2D eigenvalue weighted by atomic mass is 10.2. The average Bonchev–Trinajstić information content (AvgIpc) is 3.24. The largest absolute Gasteiger partial charge is 0.483 e. The number of ether oxygens (including phenoxy) is 1. The highest BCUT2D eigenvalue weighted by Gasteiger charge is 2.15. The molecule has 0 aliphatic heterocycles. The second-order valence-corrected chi connectivity index (χ2v) is 6.71. The fraction of sp³-hybridized carbons (Fsp3) is 0.0455. The maximum Gasteiger partial charge on any atom is 0.262 e. The Balaban J connectivity index is 1.48. The van der Waals surface area contributed by atoms with E-state index in [9.17, 15) is 9.18 Å². The number of rotatable bonds is 6. The normalized spacial score (nSPS) is 10.6. The van der Waals surface area contributed by atoms with Crippen LogP contribution in [0.25, 0.3) is 22.8 Å². The van der Waals surface area contributed by atoms with Crippen LogP contribution in [0.2, 0.25) is 5.02 Å². The van der Waals surface area contributed by atoms with Crippen LogP contribution in [0.3, 0.4) is 0 Å². The zero-order chi connectivity index (χ0) is 20.9. The lowest BCUT2D eigenvalue weighted by Gasteiger charge is -2.10. The predicted molar refractivity (Wildman–Crippen MR) is 111 cm³/mol. The van der Waals surface area contributed by atoms with E-state index in [1.807, 2.05) is 0 Å². The van der Waals surface area contributed by atoms with Crippen LogP contribution in [0, 0.1) is 5.82 Å². The molecule has 150 valence electrons. The van der Waals surface area contributed by atoms with Crippen molar-refractivity contribution in [3.8, 4) is 28.6 Å². The van der Waals surface area contributed by atoms with Crippen LogP contribution in [0.5, 0.6) is 5.75 Å². The van der Waals surface area contributed by atoms with Gasteiger partial charge in [0.25, 0.3) is 11.8 Å². The zero-order valence-corrected chi connectivity index (χ0v) is 16.3. The van der Waals surface area contributed by atoms with Crippen molar-refractivity contribution in [2.45, 2.75) is 0 Å². The maximum absolute atomic E-state index is 13.4. The molecule has 0 bridgehead atoms. The predicted octanol–water partition coefficient (Wildman–Crippen LogP) is 5.21. The molecule has 3 aromatic carbocycles. The zero-order valence-electron chi connectivity index (χ0n) is 15.5. The molecule has 1 aromatic heterocycles. The van der Waals surface area contributed by atoms with Crippen LogP contribution in [0.15, 0.2) is 77.3 Å². The molecule has 0 atom stereocenters. The van der Waals surface area contributed by atoms with Gasteiger partial charge >= 0.3 is 0 Å². The monoisotopic (exact) mass is 423 g/mol. The molecule has 0 saturated heterocycles. The molecule has 8 heteroatoms. The Bertz CT molecular complexity index is 1180. The van der Waals surface area contributed by atoms with Crippen LogP contribution in [-0.2, 0) is 4.79 Å². The number of halogens is 2. The molecular formula is C22H15ClFN3O3. The van der Waals surface area contributed by atoms with Crippen molar-refractivity contribution in [3.05, 3.63) is 83.6 Å². The highest BCUT2D eigenvalue weighted by atomic mass is 35.5. The standard InChI is InChI=1S/C22H15ClFN3O3/c23-15-8-10-17(11-9-15)25-20(28)13-29-19-7-2-1-6-18(19)21-26-22(30-27-21)14-4-3-5-16(24)12-14/h1-12H,13H2,(H,25,28). The van der Waals surface area contributed by atoms with Gasteiger partial charge in [0.1, 0.15) is 11.6 Å². The smallest absolute Gasteiger partial charge is 0.262 e. The maximum atomic E-state index is 13.4. The molecule has 1 amide bonds. The highest BCUT2D eigenvalue weighted by Crippen LogP contribution is 2.29. The summed E-state index contributed by atoms with van der Waals surface area (Å²) < 4.78 is 24.4. The van der Waals surface area contributed by atoms with Gasteiger partial charge in [-0.2, -0.15) is 4.98 Å². The third-order valence-corrected chi connectivity index (χ3v) is 4.36. The molecule has 0 fully saturated rings. The number of carbonyl (C=O) groups excluding carboxylic acids is 1. The van der Waals surface area contributed by atoms with E-state index in [0.29, 0.717) is 27.6 Å². The topological polar surface area (TPSA) is 77.2 Å². The Morgan fingerprint density at radius 3 is 2.67 bits per heavy atom. The summed E-state index contributed by atoms with van der Waals surface area (Å²) in [6, 6.07) is 19.6. The van der Waals surface area contributed by atoms with E-state index in [0.717, 1.165) is 0 Å². The molecule has 1 N–H and O–H groups in total. The van der Waals surface area contributed by atoms with Crippen LogP contribution in [0.1, 0.15) is 0 Å². The van der Waals surface area contributed by atoms with Gasteiger partial charge in [0.15, 0.2) is 6.61 Å². The van der Waals surface area contributed by atoms with Crippen LogP contribution >= 0.6 is 11.6 Å². The van der Waals surface area contributed by atoms with E-state index in [2.05, 4.69) is 15.5 Å². The average molecular weight is 424 g/mol. The summed E-state index contributed by atoms with van der Waals surface area (Å²) >= 11 is 5.84. The van der Waals surface area contributed by atoms with Gasteiger partial charge < -0.3 is 14.6 Å². The number of para-hydroxylation sites is 1. The minimum atomic E-state index is -0.400. The molecule has 0 saturated carbocycles. The minimum absolute atomic E-state index is 0.180. The molecule has 0 radical (unpaired) electrons. The van der Waals surface area contributed by atoms with Crippen LogP contribution < -0.4 is 10.1 Å². The van der Waals surface area contributed by atoms with E-state index in [-0.39, 0.29) is 24.2 Å². The summed E-state index contributed by atoms with van der Waals surface area (Å²) in [5.41, 5.74) is 1.62. The lowest BCUT2D eigenvalue weighted by molar-refractivity contribution is -0.118. The fourth-order valence-electron chi connectivity index (χ4n) is 2.72. The molecule has 30 heavy (non-hydrogen) atoms. The lowest BCUT2D eigenvalue weighted by Crippen LogP contribution is -2.20. The Morgan fingerprint density at radius 2 is 1.87 bits per heavy atom. The minimum Gasteiger partial charge on any atom is -0.483 e. The molecule has 0 unspecified atom stereocenters. The quantitative estimate of drug-likeness (QED) is 0.460. The Kier molecular flexibility index (Phi) is 5.72. The van der Waals surface area contributed by atoms with Crippen molar-refractivity contribution >= 4 is 23.2 Å². The van der Waals surface area contributed by atoms with Crippen LogP contribution in [-0.4, -0.2) is 22.7 Å². The third-order valence-electron chi connectivity index (χ3n) is 4.11. The molecule has 0 spiro atoms. The van der Waals surface area contributed by atoms with Crippen molar-refractivity contribution < 1.29 is 18.4 Å². The molecule has 4 rings (SSSR count). The number of hydrogen-bond donors (Lipinski definition) is 1. The molecule has 1 heterocycles. The first-order valence-corrected chi connectivity index (χ1v) is 9.33. The Labute approximate surface area is 176 Å². The summed E-state index contributed by atoms with van der Waals surface area (Å²) in [5, 5.41) is 7.26. The molecule has 6 nitrogen and oxygen atoms in total. The van der Waals surface area contributed by atoms with Gasteiger partial charge in [0.2, 0.25) is 5.82 Å². The number of carbonyl (C=O) groups is 1. The summed E-state index contributed by atoms with van der Waals surface area (Å²) in [7, 11) is 0. The van der Waals surface area contributed by atoms with Gasteiger partial charge in [-0.25, -0.2) is 4.39 Å². The van der Waals surface area contributed by atoms with Gasteiger partial charge in [-0.15, -0.1) is 0 Å². The summed E-state index contributed by atoms with van der Waals surface area (Å²) in [6.07, 6.45) is 0. The van der Waals surface area contributed by atoms with E-state index in [1.54, 1.807) is 60.7 Å². The number of nitrogens with one attached hydrogen (secondary N) is 1. The number of amides is 1. The molecular weight excluding hydrogens is 409 g/mol. The number of aromatic nitrogens is 2. The second-order valence-electron chi connectivity index (χ2n) is 6.27. The third kappa shape index (κ3) is 4.64. The van der Waals surface area contributed by atoms with E-state index < -0.39 is 5.82 Å². The van der Waals surface area contributed by atoms with Crippen molar-refractivity contribution in [3.63, 3.8) is 0 Å². The molecule has 0 aliphatic carbocycles. The van der Waals surface area contributed by atoms with Crippen molar-refractivity contribution in [1.29, 1.82) is 0 Å². The van der Waals surface area contributed by atoms with Crippen LogP contribution in [0.4, 0.5) is 10.1 Å². The Hall–Kier alpha value is -3.71. The van der Waals surface area contributed by atoms with Gasteiger partial charge in [-0.1, -0.05) is 35.0 Å². The van der Waals surface area contributed by atoms with Gasteiger partial charge in [0.05, 0.1) is 5.56 Å². The van der Waals surface area contributed by atoms with E-state index in [1.165, 1.54) is 12.1 Å². The first-order valence-electron chi connectivity index (χ1n) is 8.96. The van der Waals surface area contributed by atoms with Gasteiger partial charge in [-0.05, 0) is 54.6 Å². The second kappa shape index (κ2) is 8.75. The van der Waals surface area contributed by atoms with Crippen molar-refractivity contribution in [1.82, 2.24) is 10.1 Å². The van der Waals surface area contributed by atoms with E-state index >= 15 is 0 Å². The summed E-state index contributed by atoms with van der Waals surface area (Å²) in [6.45, 7) is -0.214.